The summed E-state index contributed by atoms with van der Waals surface area (Å²) in [7, 11) is -3.62. The van der Waals surface area contributed by atoms with E-state index in [-0.39, 0.29) is 4.90 Å². The Morgan fingerprint density at radius 1 is 1.07 bits per heavy atom. The third-order valence-corrected chi connectivity index (χ3v) is 6.99. The molecule has 1 heterocycles. The number of aryl methyl sites for hydroxylation is 2. The molecule has 3 rings (SSSR count). The maximum Gasteiger partial charge on any atom is 0.261 e. The van der Waals surface area contributed by atoms with Crippen molar-refractivity contribution in [3.05, 3.63) is 75.5 Å². The van der Waals surface area contributed by atoms with E-state index in [4.69, 9.17) is 0 Å². The molecule has 0 spiro atoms. The molecule has 142 valence electrons. The van der Waals surface area contributed by atoms with Crippen LogP contribution in [0.1, 0.15) is 29.4 Å². The summed E-state index contributed by atoms with van der Waals surface area (Å²) in [4.78, 5) is 0.257. The number of hydrogen-bond donors (Lipinski definition) is 1. The molecule has 5 nitrogen and oxygen atoms in total. The first-order chi connectivity index (χ1) is 12.8. The van der Waals surface area contributed by atoms with Gasteiger partial charge in [-0.05, 0) is 71.6 Å². The van der Waals surface area contributed by atoms with Gasteiger partial charge in [-0.1, -0.05) is 31.2 Å². The first-order valence-corrected chi connectivity index (χ1v) is 11.0. The van der Waals surface area contributed by atoms with Gasteiger partial charge in [0.05, 0.1) is 27.3 Å². The lowest BCUT2D eigenvalue weighted by Gasteiger charge is -2.11. The molecular formula is C20H22BrN3O2S. The van der Waals surface area contributed by atoms with Gasteiger partial charge in [-0.25, -0.2) is 8.42 Å². The maximum absolute atomic E-state index is 12.6. The van der Waals surface area contributed by atoms with Crippen LogP contribution >= 0.6 is 15.9 Å². The number of nitrogens with zero attached hydrogens (tertiary/aromatic N) is 2. The van der Waals surface area contributed by atoms with Gasteiger partial charge in [0, 0.05) is 5.69 Å². The largest absolute Gasteiger partial charge is 0.280 e. The normalized spacial score (nSPS) is 11.6. The van der Waals surface area contributed by atoms with Gasteiger partial charge in [-0.2, -0.15) is 5.10 Å². The molecule has 0 aliphatic carbocycles. The van der Waals surface area contributed by atoms with Crippen LogP contribution in [-0.2, 0) is 23.0 Å². The molecule has 0 radical (unpaired) electrons. The van der Waals surface area contributed by atoms with E-state index in [0.717, 1.165) is 33.4 Å². The van der Waals surface area contributed by atoms with Gasteiger partial charge < -0.3 is 0 Å². The number of aromatic nitrogens is 2. The second-order valence-corrected chi connectivity index (χ2v) is 8.92. The fourth-order valence-electron chi connectivity index (χ4n) is 2.85. The summed E-state index contributed by atoms with van der Waals surface area (Å²) >= 11 is 3.53. The van der Waals surface area contributed by atoms with Crippen LogP contribution in [0.2, 0.25) is 0 Å². The van der Waals surface area contributed by atoms with Crippen molar-refractivity contribution in [1.82, 2.24) is 9.78 Å². The van der Waals surface area contributed by atoms with Crippen LogP contribution in [0.3, 0.4) is 0 Å². The Bertz CT molecular complexity index is 1060. The predicted octanol–water partition coefficient (Wildman–Crippen LogP) is 4.67. The van der Waals surface area contributed by atoms with Crippen LogP contribution in [0.25, 0.3) is 0 Å². The molecule has 0 bridgehead atoms. The topological polar surface area (TPSA) is 64.0 Å². The first-order valence-electron chi connectivity index (χ1n) is 8.70. The molecule has 0 aliphatic heterocycles. The molecule has 0 amide bonds. The van der Waals surface area contributed by atoms with Crippen molar-refractivity contribution in [3.8, 4) is 0 Å². The third kappa shape index (κ3) is 4.42. The Morgan fingerprint density at radius 3 is 2.37 bits per heavy atom. The van der Waals surface area contributed by atoms with E-state index < -0.39 is 10.0 Å². The van der Waals surface area contributed by atoms with E-state index in [1.165, 1.54) is 0 Å². The van der Waals surface area contributed by atoms with Crippen molar-refractivity contribution in [2.75, 3.05) is 4.72 Å². The molecule has 27 heavy (non-hydrogen) atoms. The highest BCUT2D eigenvalue weighted by Crippen LogP contribution is 2.22. The molecule has 3 aromatic rings. The van der Waals surface area contributed by atoms with Gasteiger partial charge in [0.25, 0.3) is 10.0 Å². The number of hydrogen-bond acceptors (Lipinski definition) is 3. The second kappa shape index (κ2) is 7.86. The number of anilines is 1. The minimum absolute atomic E-state index is 0.257. The standard InChI is InChI=1S/C20H22BrN3O2S/c1-4-16-8-10-19(11-9-16)27(25,26)23-18-7-5-6-17(12-18)13-24-15(3)20(21)14(2)22-24/h5-12,23H,4,13H2,1-3H3. The molecule has 1 N–H and O–H groups in total. The molecular weight excluding hydrogens is 426 g/mol. The Balaban J connectivity index is 1.81. The lowest BCUT2D eigenvalue weighted by molar-refractivity contribution is 0.601. The van der Waals surface area contributed by atoms with Crippen molar-refractivity contribution in [2.24, 2.45) is 0 Å². The van der Waals surface area contributed by atoms with Crippen LogP contribution in [0, 0.1) is 13.8 Å². The van der Waals surface area contributed by atoms with E-state index in [1.54, 1.807) is 18.2 Å². The monoisotopic (exact) mass is 447 g/mol. The minimum Gasteiger partial charge on any atom is -0.280 e. The van der Waals surface area contributed by atoms with Crippen molar-refractivity contribution in [1.29, 1.82) is 0 Å². The quantitative estimate of drug-likeness (QED) is 0.596. The van der Waals surface area contributed by atoms with E-state index in [2.05, 4.69) is 25.8 Å². The zero-order chi connectivity index (χ0) is 19.6. The van der Waals surface area contributed by atoms with Crippen LogP contribution in [0.5, 0.6) is 0 Å². The molecule has 0 saturated heterocycles. The van der Waals surface area contributed by atoms with Gasteiger partial charge in [-0.15, -0.1) is 0 Å². The number of nitrogens with one attached hydrogen (secondary N) is 1. The Morgan fingerprint density at radius 2 is 1.78 bits per heavy atom. The average Bonchev–Trinajstić information content (AvgIpc) is 2.88. The van der Waals surface area contributed by atoms with Crippen LogP contribution in [0.4, 0.5) is 5.69 Å². The lowest BCUT2D eigenvalue weighted by atomic mass is 10.2. The van der Waals surface area contributed by atoms with Gasteiger partial charge >= 0.3 is 0 Å². The molecule has 0 fully saturated rings. The smallest absolute Gasteiger partial charge is 0.261 e. The molecule has 2 aromatic carbocycles. The summed E-state index contributed by atoms with van der Waals surface area (Å²) in [6.07, 6.45) is 0.873. The highest BCUT2D eigenvalue weighted by Gasteiger charge is 2.15. The predicted molar refractivity (Wildman–Crippen MR) is 112 cm³/mol. The molecule has 7 heteroatoms. The van der Waals surface area contributed by atoms with Gasteiger partial charge in [0.1, 0.15) is 0 Å². The lowest BCUT2D eigenvalue weighted by Crippen LogP contribution is -2.13. The van der Waals surface area contributed by atoms with Crippen LogP contribution in [-0.4, -0.2) is 18.2 Å². The van der Waals surface area contributed by atoms with E-state index in [1.807, 2.05) is 55.8 Å². The van der Waals surface area contributed by atoms with Crippen molar-refractivity contribution < 1.29 is 8.42 Å². The van der Waals surface area contributed by atoms with Gasteiger partial charge in [0.2, 0.25) is 0 Å². The Hall–Kier alpha value is -2.12. The fraction of sp³-hybridized carbons (Fsp3) is 0.250. The summed E-state index contributed by atoms with van der Waals surface area (Å²) in [6, 6.07) is 14.3. The summed E-state index contributed by atoms with van der Waals surface area (Å²) in [5.74, 6) is 0. The van der Waals surface area contributed by atoms with Gasteiger partial charge in [-0.3, -0.25) is 9.40 Å². The molecule has 1 aromatic heterocycles. The zero-order valence-corrected chi connectivity index (χ0v) is 17.9. The fourth-order valence-corrected chi connectivity index (χ4v) is 4.19. The Labute approximate surface area is 168 Å². The number of sulfonamides is 1. The second-order valence-electron chi connectivity index (χ2n) is 6.45. The zero-order valence-electron chi connectivity index (χ0n) is 15.5. The van der Waals surface area contributed by atoms with Crippen molar-refractivity contribution in [3.63, 3.8) is 0 Å². The molecule has 0 unspecified atom stereocenters. The average molecular weight is 448 g/mol. The minimum atomic E-state index is -3.62. The number of rotatable bonds is 6. The third-order valence-electron chi connectivity index (χ3n) is 4.45. The summed E-state index contributed by atoms with van der Waals surface area (Å²) in [5.41, 5.74) is 4.57. The van der Waals surface area contributed by atoms with Crippen molar-refractivity contribution in [2.45, 2.75) is 38.6 Å². The SMILES string of the molecule is CCc1ccc(S(=O)(=O)Nc2cccc(Cn3nc(C)c(Br)c3C)c2)cc1. The van der Waals surface area contributed by atoms with E-state index >= 15 is 0 Å². The van der Waals surface area contributed by atoms with Gasteiger partial charge in [0.15, 0.2) is 0 Å². The van der Waals surface area contributed by atoms with Crippen LogP contribution < -0.4 is 4.72 Å². The number of halogens is 1. The highest BCUT2D eigenvalue weighted by molar-refractivity contribution is 9.10. The Kier molecular flexibility index (Phi) is 5.72. The van der Waals surface area contributed by atoms with E-state index in [0.29, 0.717) is 12.2 Å². The molecule has 0 saturated carbocycles. The first kappa shape index (κ1) is 19.6. The summed E-state index contributed by atoms with van der Waals surface area (Å²) in [5, 5.41) is 4.50. The van der Waals surface area contributed by atoms with Crippen molar-refractivity contribution >= 4 is 31.6 Å². The number of benzene rings is 2. The summed E-state index contributed by atoms with van der Waals surface area (Å²) in [6.45, 7) is 6.55. The maximum atomic E-state index is 12.6. The summed E-state index contributed by atoms with van der Waals surface area (Å²) < 4.78 is 30.8. The molecule has 0 aliphatic rings. The molecule has 0 atom stereocenters. The highest BCUT2D eigenvalue weighted by atomic mass is 79.9. The van der Waals surface area contributed by atoms with E-state index in [9.17, 15) is 8.42 Å². The van der Waals surface area contributed by atoms with Crippen LogP contribution in [0.15, 0.2) is 57.9 Å².